The van der Waals surface area contributed by atoms with E-state index in [9.17, 15) is 0 Å². The van der Waals surface area contributed by atoms with Crippen LogP contribution >= 0.6 is 0 Å². The lowest BCUT2D eigenvalue weighted by Crippen LogP contribution is -2.91. The van der Waals surface area contributed by atoms with Crippen molar-refractivity contribution in [3.63, 3.8) is 0 Å². The molecule has 2 unspecified atom stereocenters. The van der Waals surface area contributed by atoms with E-state index in [1.807, 2.05) is 0 Å². The summed E-state index contributed by atoms with van der Waals surface area (Å²) in [6.07, 6.45) is 2.31. The minimum atomic E-state index is 0.0514. The van der Waals surface area contributed by atoms with Gasteiger partial charge in [-0.1, -0.05) is 30.3 Å². The van der Waals surface area contributed by atoms with E-state index in [-0.39, 0.29) is 5.60 Å². The van der Waals surface area contributed by atoms with Crippen LogP contribution in [0.25, 0.3) is 0 Å². The molecule has 94 valence electrons. The number of ether oxygens (including phenoxy) is 1. The fourth-order valence-corrected chi connectivity index (χ4v) is 2.72. The molecule has 1 aliphatic rings. The van der Waals surface area contributed by atoms with Gasteiger partial charge in [0, 0.05) is 18.4 Å². The van der Waals surface area contributed by atoms with Crippen LogP contribution in [0.1, 0.15) is 45.2 Å². The molecular weight excluding hydrogens is 210 g/mol. The van der Waals surface area contributed by atoms with Gasteiger partial charge in [0.1, 0.15) is 6.04 Å². The molecule has 0 aromatic heterocycles. The van der Waals surface area contributed by atoms with E-state index in [1.54, 1.807) is 0 Å². The molecule has 2 atom stereocenters. The lowest BCUT2D eigenvalue weighted by molar-refractivity contribution is -0.729. The van der Waals surface area contributed by atoms with Crippen molar-refractivity contribution in [2.45, 2.75) is 51.3 Å². The highest BCUT2D eigenvalue weighted by molar-refractivity contribution is 5.16. The van der Waals surface area contributed by atoms with Crippen LogP contribution in [0.3, 0.4) is 0 Å². The van der Waals surface area contributed by atoms with Crippen molar-refractivity contribution in [2.24, 2.45) is 0 Å². The molecule has 0 spiro atoms. The highest BCUT2D eigenvalue weighted by atomic mass is 16.5. The summed E-state index contributed by atoms with van der Waals surface area (Å²) in [6, 6.07) is 12.0. The Morgan fingerprint density at radius 3 is 2.65 bits per heavy atom. The number of quaternary nitrogens is 1. The minimum absolute atomic E-state index is 0.0514. The molecule has 2 heteroatoms. The zero-order chi connectivity index (χ0) is 12.3. The van der Waals surface area contributed by atoms with Crippen LogP contribution in [-0.2, 0) is 4.74 Å². The average molecular weight is 234 g/mol. The van der Waals surface area contributed by atoms with E-state index < -0.39 is 0 Å². The fraction of sp³-hybridized carbons (Fsp3) is 0.600. The molecule has 0 amide bonds. The first kappa shape index (κ1) is 12.6. The molecule has 1 heterocycles. The number of benzene rings is 1. The van der Waals surface area contributed by atoms with Crippen molar-refractivity contribution in [1.29, 1.82) is 0 Å². The van der Waals surface area contributed by atoms with Crippen LogP contribution in [0.2, 0.25) is 0 Å². The maximum absolute atomic E-state index is 5.76. The molecule has 1 aliphatic heterocycles. The largest absolute Gasteiger partial charge is 0.375 e. The van der Waals surface area contributed by atoms with Gasteiger partial charge in [-0.3, -0.25) is 0 Å². The summed E-state index contributed by atoms with van der Waals surface area (Å²) < 4.78 is 5.76. The summed E-state index contributed by atoms with van der Waals surface area (Å²) in [5.74, 6) is 0. The van der Waals surface area contributed by atoms with Gasteiger partial charge in [-0.2, -0.15) is 0 Å². The lowest BCUT2D eigenvalue weighted by atomic mass is 9.93. The SMILES string of the molecule is CC([NH2+]C1CCOC(C)(C)C1)c1ccccc1. The third-order valence-electron chi connectivity index (χ3n) is 3.62. The van der Waals surface area contributed by atoms with Gasteiger partial charge in [-0.15, -0.1) is 0 Å². The van der Waals surface area contributed by atoms with Gasteiger partial charge < -0.3 is 10.1 Å². The van der Waals surface area contributed by atoms with Gasteiger partial charge in [0.2, 0.25) is 0 Å². The van der Waals surface area contributed by atoms with Crippen LogP contribution in [0.5, 0.6) is 0 Å². The summed E-state index contributed by atoms with van der Waals surface area (Å²) in [5, 5.41) is 2.50. The second kappa shape index (κ2) is 5.19. The second-order valence-corrected chi connectivity index (χ2v) is 5.75. The fourth-order valence-electron chi connectivity index (χ4n) is 2.72. The average Bonchev–Trinajstić information content (AvgIpc) is 2.29. The first-order valence-corrected chi connectivity index (χ1v) is 6.61. The number of hydrogen-bond acceptors (Lipinski definition) is 1. The van der Waals surface area contributed by atoms with Crippen molar-refractivity contribution in [3.05, 3.63) is 35.9 Å². The Hall–Kier alpha value is -0.860. The molecule has 2 rings (SSSR count). The molecule has 17 heavy (non-hydrogen) atoms. The predicted molar refractivity (Wildman–Crippen MR) is 69.8 cm³/mol. The van der Waals surface area contributed by atoms with Gasteiger partial charge >= 0.3 is 0 Å². The van der Waals surface area contributed by atoms with Gasteiger partial charge in [-0.25, -0.2) is 0 Å². The Labute approximate surface area is 104 Å². The number of hydrogen-bond donors (Lipinski definition) is 1. The lowest BCUT2D eigenvalue weighted by Gasteiger charge is -2.35. The Kier molecular flexibility index (Phi) is 3.85. The summed E-state index contributed by atoms with van der Waals surface area (Å²) in [6.45, 7) is 7.58. The highest BCUT2D eigenvalue weighted by Gasteiger charge is 2.31. The maximum atomic E-state index is 5.76. The third-order valence-corrected chi connectivity index (χ3v) is 3.62. The van der Waals surface area contributed by atoms with Gasteiger partial charge in [0.25, 0.3) is 0 Å². The molecule has 1 aromatic rings. The predicted octanol–water partition coefficient (Wildman–Crippen LogP) is 2.27. The topological polar surface area (TPSA) is 25.8 Å². The third kappa shape index (κ3) is 3.55. The minimum Gasteiger partial charge on any atom is -0.375 e. The summed E-state index contributed by atoms with van der Waals surface area (Å²) in [5.41, 5.74) is 1.47. The molecular formula is C15H24NO+. The van der Waals surface area contributed by atoms with Crippen molar-refractivity contribution in [2.75, 3.05) is 6.61 Å². The summed E-state index contributed by atoms with van der Waals surface area (Å²) >= 11 is 0. The van der Waals surface area contributed by atoms with Crippen LogP contribution in [0.15, 0.2) is 30.3 Å². The number of nitrogens with two attached hydrogens (primary N) is 1. The Bertz CT molecular complexity index is 347. The second-order valence-electron chi connectivity index (χ2n) is 5.75. The van der Waals surface area contributed by atoms with Crippen LogP contribution in [0.4, 0.5) is 0 Å². The van der Waals surface area contributed by atoms with Crippen molar-refractivity contribution in [3.8, 4) is 0 Å². The molecule has 0 radical (unpaired) electrons. The molecule has 0 aliphatic carbocycles. The Morgan fingerprint density at radius 2 is 2.00 bits per heavy atom. The smallest absolute Gasteiger partial charge is 0.109 e. The van der Waals surface area contributed by atoms with Crippen molar-refractivity contribution in [1.82, 2.24) is 0 Å². The molecule has 0 bridgehead atoms. The summed E-state index contributed by atoms with van der Waals surface area (Å²) in [4.78, 5) is 0. The molecule has 2 N–H and O–H groups in total. The van der Waals surface area contributed by atoms with Gasteiger partial charge in [0.05, 0.1) is 18.2 Å². The number of rotatable bonds is 3. The van der Waals surface area contributed by atoms with E-state index in [2.05, 4.69) is 56.4 Å². The van der Waals surface area contributed by atoms with Crippen LogP contribution < -0.4 is 5.32 Å². The zero-order valence-electron chi connectivity index (χ0n) is 11.1. The molecule has 1 saturated heterocycles. The first-order chi connectivity index (χ1) is 8.07. The Balaban J connectivity index is 1.93. The van der Waals surface area contributed by atoms with E-state index in [4.69, 9.17) is 4.74 Å². The van der Waals surface area contributed by atoms with Crippen LogP contribution in [0, 0.1) is 0 Å². The van der Waals surface area contributed by atoms with Crippen molar-refractivity contribution >= 4 is 0 Å². The first-order valence-electron chi connectivity index (χ1n) is 6.61. The monoisotopic (exact) mass is 234 g/mol. The van der Waals surface area contributed by atoms with E-state index in [0.717, 1.165) is 13.0 Å². The van der Waals surface area contributed by atoms with E-state index >= 15 is 0 Å². The summed E-state index contributed by atoms with van der Waals surface area (Å²) in [7, 11) is 0. The maximum Gasteiger partial charge on any atom is 0.109 e. The quantitative estimate of drug-likeness (QED) is 0.853. The van der Waals surface area contributed by atoms with Gasteiger partial charge in [-0.05, 0) is 20.8 Å². The molecule has 1 fully saturated rings. The van der Waals surface area contributed by atoms with E-state index in [1.165, 1.54) is 12.0 Å². The normalized spacial score (nSPS) is 25.5. The molecule has 2 nitrogen and oxygen atoms in total. The highest BCUT2D eigenvalue weighted by Crippen LogP contribution is 2.22. The van der Waals surface area contributed by atoms with Crippen LogP contribution in [-0.4, -0.2) is 18.2 Å². The van der Waals surface area contributed by atoms with E-state index in [0.29, 0.717) is 12.1 Å². The molecule has 1 aromatic carbocycles. The van der Waals surface area contributed by atoms with Crippen molar-refractivity contribution < 1.29 is 10.1 Å². The Morgan fingerprint density at radius 1 is 1.29 bits per heavy atom. The molecule has 0 saturated carbocycles. The zero-order valence-corrected chi connectivity index (χ0v) is 11.1. The standard InChI is InChI=1S/C15H23NO/c1-12(13-7-5-4-6-8-13)16-14-9-10-17-15(2,3)11-14/h4-8,12,14,16H,9-11H2,1-3H3/p+1. The van der Waals surface area contributed by atoms with Gasteiger partial charge in [0.15, 0.2) is 0 Å².